The molecule has 3 aromatic rings. The fourth-order valence-corrected chi connectivity index (χ4v) is 6.04. The maximum absolute atomic E-state index is 13.8. The first kappa shape index (κ1) is 29.9. The van der Waals surface area contributed by atoms with E-state index in [0.717, 1.165) is 47.6 Å². The number of nitrogens with zero attached hydrogens (tertiary/aromatic N) is 1. The largest absolute Gasteiger partial charge is 0.476 e. The third-order valence-corrected chi connectivity index (χ3v) is 8.36. The molecule has 2 atom stereocenters. The minimum Gasteiger partial charge on any atom is -0.476 e. The number of Topliss-reactive ketones (excluding diaryl/α,β-unsaturated/α-hetero) is 1. The number of carbonyl (C=O) groups excluding carboxylic acids is 2. The molecule has 5 nitrogen and oxygen atoms in total. The molecule has 3 aromatic carbocycles. The molecule has 6 heteroatoms. The second kappa shape index (κ2) is 13.0. The van der Waals surface area contributed by atoms with Crippen LogP contribution in [0.5, 0.6) is 5.75 Å². The standard InChI is InChI=1S/C34H41NO4S/c1-7-38-33(37)34(4,5)39-32-23(2)17-26(18-24(32)3)19-28-21-35(20-25-11-9-8-10-12-25)22-30(28)31(36)27-13-15-29(40-6)16-14-27/h8-18,28,30H,7,19-22H2,1-6H3/t28?,30-/m1/s1. The van der Waals surface area contributed by atoms with Gasteiger partial charge in [0.1, 0.15) is 5.75 Å². The van der Waals surface area contributed by atoms with E-state index in [4.69, 9.17) is 9.47 Å². The molecule has 0 aromatic heterocycles. The number of ketones is 1. The van der Waals surface area contributed by atoms with E-state index >= 15 is 0 Å². The van der Waals surface area contributed by atoms with E-state index in [1.807, 2.05) is 50.4 Å². The van der Waals surface area contributed by atoms with Crippen LogP contribution in [0.2, 0.25) is 0 Å². The summed E-state index contributed by atoms with van der Waals surface area (Å²) in [6.07, 6.45) is 2.84. The highest BCUT2D eigenvalue weighted by molar-refractivity contribution is 7.98. The van der Waals surface area contributed by atoms with Crippen LogP contribution in [0.4, 0.5) is 0 Å². The van der Waals surface area contributed by atoms with Crippen molar-refractivity contribution < 1.29 is 19.1 Å². The first-order valence-corrected chi connectivity index (χ1v) is 15.2. The Morgan fingerprint density at radius 3 is 2.20 bits per heavy atom. The van der Waals surface area contributed by atoms with Crippen LogP contribution in [0.15, 0.2) is 71.6 Å². The van der Waals surface area contributed by atoms with Crippen LogP contribution in [-0.4, -0.2) is 48.2 Å². The summed E-state index contributed by atoms with van der Waals surface area (Å²) in [5, 5.41) is 0. The number of rotatable bonds is 11. The van der Waals surface area contributed by atoms with Gasteiger partial charge in [0.15, 0.2) is 11.4 Å². The van der Waals surface area contributed by atoms with Crippen molar-refractivity contribution in [3.63, 3.8) is 0 Å². The van der Waals surface area contributed by atoms with Crippen molar-refractivity contribution in [1.82, 2.24) is 4.90 Å². The van der Waals surface area contributed by atoms with Gasteiger partial charge in [0, 0.05) is 36.0 Å². The Balaban J connectivity index is 1.56. The van der Waals surface area contributed by atoms with Crippen LogP contribution in [0.3, 0.4) is 0 Å². The number of hydrogen-bond donors (Lipinski definition) is 0. The van der Waals surface area contributed by atoms with Crippen molar-refractivity contribution in [2.45, 2.75) is 58.1 Å². The summed E-state index contributed by atoms with van der Waals surface area (Å²) in [6.45, 7) is 12.0. The Morgan fingerprint density at radius 1 is 0.950 bits per heavy atom. The average molecular weight is 560 g/mol. The third-order valence-electron chi connectivity index (χ3n) is 7.62. The Hall–Kier alpha value is -3.09. The molecule has 1 unspecified atom stereocenters. The quantitative estimate of drug-likeness (QED) is 0.144. The maximum Gasteiger partial charge on any atom is 0.349 e. The van der Waals surface area contributed by atoms with Gasteiger partial charge in [-0.2, -0.15) is 0 Å². The highest BCUT2D eigenvalue weighted by Crippen LogP contribution is 2.34. The molecular weight excluding hydrogens is 518 g/mol. The molecule has 40 heavy (non-hydrogen) atoms. The van der Waals surface area contributed by atoms with Gasteiger partial charge in [0.2, 0.25) is 0 Å². The molecule has 1 fully saturated rings. The first-order chi connectivity index (χ1) is 19.1. The second-order valence-electron chi connectivity index (χ2n) is 11.2. The van der Waals surface area contributed by atoms with Gasteiger partial charge in [-0.1, -0.05) is 54.6 Å². The topological polar surface area (TPSA) is 55.8 Å². The van der Waals surface area contributed by atoms with E-state index in [0.29, 0.717) is 12.4 Å². The molecule has 4 rings (SSSR count). The summed E-state index contributed by atoms with van der Waals surface area (Å²) >= 11 is 1.68. The Kier molecular flexibility index (Phi) is 9.75. The van der Waals surface area contributed by atoms with Gasteiger partial charge in [0.05, 0.1) is 6.61 Å². The Bertz CT molecular complexity index is 1300. The minimum absolute atomic E-state index is 0.0804. The molecule has 212 valence electrons. The summed E-state index contributed by atoms with van der Waals surface area (Å²) < 4.78 is 11.4. The molecule has 0 spiro atoms. The van der Waals surface area contributed by atoms with Crippen LogP contribution >= 0.6 is 11.8 Å². The van der Waals surface area contributed by atoms with E-state index in [1.165, 1.54) is 11.1 Å². The number of thioether (sulfide) groups is 1. The normalized spacial score (nSPS) is 17.6. The van der Waals surface area contributed by atoms with Crippen molar-refractivity contribution >= 4 is 23.5 Å². The molecule has 0 amide bonds. The first-order valence-electron chi connectivity index (χ1n) is 14.0. The summed E-state index contributed by atoms with van der Waals surface area (Å²) in [6, 6.07) is 22.7. The van der Waals surface area contributed by atoms with Gasteiger partial charge in [-0.15, -0.1) is 11.8 Å². The highest BCUT2D eigenvalue weighted by atomic mass is 32.2. The molecule has 1 saturated heterocycles. The number of aryl methyl sites for hydroxylation is 2. The zero-order valence-electron chi connectivity index (χ0n) is 24.5. The van der Waals surface area contributed by atoms with E-state index in [2.05, 4.69) is 41.3 Å². The van der Waals surface area contributed by atoms with Crippen molar-refractivity contribution in [2.24, 2.45) is 11.8 Å². The van der Waals surface area contributed by atoms with E-state index in [9.17, 15) is 9.59 Å². The predicted octanol–water partition coefficient (Wildman–Crippen LogP) is 6.92. The maximum atomic E-state index is 13.8. The molecular formula is C34H41NO4S. The lowest BCUT2D eigenvalue weighted by molar-refractivity contribution is -0.158. The van der Waals surface area contributed by atoms with Crippen molar-refractivity contribution in [3.05, 3.63) is 94.5 Å². The smallest absolute Gasteiger partial charge is 0.349 e. The average Bonchev–Trinajstić information content (AvgIpc) is 3.32. The predicted molar refractivity (Wildman–Crippen MR) is 162 cm³/mol. The van der Waals surface area contributed by atoms with Crippen LogP contribution in [0.1, 0.15) is 53.4 Å². The molecule has 0 aliphatic carbocycles. The molecule has 1 aliphatic heterocycles. The molecule has 0 radical (unpaired) electrons. The van der Waals surface area contributed by atoms with Gasteiger partial charge in [-0.3, -0.25) is 9.69 Å². The number of benzene rings is 3. The van der Waals surface area contributed by atoms with Gasteiger partial charge >= 0.3 is 5.97 Å². The number of esters is 1. The van der Waals surface area contributed by atoms with E-state index < -0.39 is 5.60 Å². The monoisotopic (exact) mass is 559 g/mol. The van der Waals surface area contributed by atoms with Gasteiger partial charge in [-0.25, -0.2) is 4.79 Å². The summed E-state index contributed by atoms with van der Waals surface area (Å²) in [4.78, 5) is 29.8. The number of likely N-dealkylation sites (tertiary alicyclic amines) is 1. The zero-order valence-corrected chi connectivity index (χ0v) is 25.3. The number of ether oxygens (including phenoxy) is 2. The lowest BCUT2D eigenvalue weighted by Crippen LogP contribution is -2.40. The summed E-state index contributed by atoms with van der Waals surface area (Å²) in [5.41, 5.74) is 4.09. The van der Waals surface area contributed by atoms with Crippen molar-refractivity contribution in [1.29, 1.82) is 0 Å². The molecule has 1 aliphatic rings. The van der Waals surface area contributed by atoms with Crippen LogP contribution in [0, 0.1) is 25.7 Å². The van der Waals surface area contributed by atoms with Crippen LogP contribution in [-0.2, 0) is 22.5 Å². The summed E-state index contributed by atoms with van der Waals surface area (Å²) in [5.74, 6) is 0.661. The second-order valence-corrected chi connectivity index (χ2v) is 12.1. The number of carbonyl (C=O) groups is 2. The number of hydrogen-bond acceptors (Lipinski definition) is 6. The Morgan fingerprint density at radius 2 is 1.60 bits per heavy atom. The lowest BCUT2D eigenvalue weighted by Gasteiger charge is -2.27. The van der Waals surface area contributed by atoms with Crippen LogP contribution < -0.4 is 4.74 Å². The third kappa shape index (κ3) is 7.15. The summed E-state index contributed by atoms with van der Waals surface area (Å²) in [7, 11) is 0. The zero-order chi connectivity index (χ0) is 28.9. The Labute approximate surface area is 243 Å². The fraction of sp³-hybridized carbons (Fsp3) is 0.412. The highest BCUT2D eigenvalue weighted by Gasteiger charge is 2.38. The lowest BCUT2D eigenvalue weighted by atomic mass is 9.84. The van der Waals surface area contributed by atoms with Gasteiger partial charge < -0.3 is 9.47 Å². The van der Waals surface area contributed by atoms with Crippen molar-refractivity contribution in [2.75, 3.05) is 26.0 Å². The van der Waals surface area contributed by atoms with Crippen LogP contribution in [0.25, 0.3) is 0 Å². The van der Waals surface area contributed by atoms with Gasteiger partial charge in [0.25, 0.3) is 0 Å². The van der Waals surface area contributed by atoms with Gasteiger partial charge in [-0.05, 0) is 87.6 Å². The molecule has 1 heterocycles. The van der Waals surface area contributed by atoms with E-state index in [1.54, 1.807) is 32.5 Å². The van der Waals surface area contributed by atoms with Crippen molar-refractivity contribution in [3.8, 4) is 5.75 Å². The minimum atomic E-state index is -1.08. The molecule has 0 N–H and O–H groups in total. The molecule has 0 saturated carbocycles. The van der Waals surface area contributed by atoms with E-state index in [-0.39, 0.29) is 23.6 Å². The SMILES string of the molecule is CCOC(=O)C(C)(C)Oc1c(C)cc(CC2CN(Cc3ccccc3)C[C@H]2C(=O)c2ccc(SC)cc2)cc1C. The molecule has 0 bridgehead atoms. The fourth-order valence-electron chi connectivity index (χ4n) is 5.63.